The number of hydrogen-bond donors (Lipinski definition) is 2. The Morgan fingerprint density at radius 2 is 2.00 bits per heavy atom. The normalized spacial score (nSPS) is 11.0. The van der Waals surface area contributed by atoms with Gasteiger partial charge in [0.05, 0.1) is 36.7 Å². The smallest absolute Gasteiger partial charge is 1.00 e. The Hall–Kier alpha value is -1.96. The third-order valence-corrected chi connectivity index (χ3v) is 3.93. The van der Waals surface area contributed by atoms with Crippen molar-refractivity contribution in [1.82, 2.24) is 9.97 Å². The molecule has 1 unspecified atom stereocenters. The fraction of sp³-hybridized carbons (Fsp3) is 0.143. The number of ether oxygens (including phenoxy) is 2. The summed E-state index contributed by atoms with van der Waals surface area (Å²) >= 11 is 2.68. The zero-order valence-corrected chi connectivity index (χ0v) is 18.5. The third kappa shape index (κ3) is 5.77. The number of rotatable bonds is 5. The third-order valence-electron chi connectivity index (χ3n) is 3.08. The first-order valence-electron chi connectivity index (χ1n) is 7.03. The predicted molar refractivity (Wildman–Crippen MR) is 97.3 cm³/mol. The minimum atomic E-state index is -3.10. The van der Waals surface area contributed by atoms with E-state index in [1.165, 1.54) is 31.4 Å². The largest absolute Gasteiger partial charge is 1.00 e. The molecule has 11 nitrogen and oxygen atoms in total. The van der Waals surface area contributed by atoms with E-state index in [-0.39, 0.29) is 69.2 Å². The van der Waals surface area contributed by atoms with Crippen LogP contribution >= 0.6 is 11.6 Å². The van der Waals surface area contributed by atoms with Crippen molar-refractivity contribution >= 4 is 52.2 Å². The molecule has 0 saturated carbocycles. The van der Waals surface area contributed by atoms with Crippen LogP contribution < -0.4 is 49.6 Å². The molecule has 28 heavy (non-hydrogen) atoms. The van der Waals surface area contributed by atoms with Crippen LogP contribution in [0.5, 0.6) is 5.88 Å². The summed E-state index contributed by atoms with van der Waals surface area (Å²) < 4.78 is 33.1. The average Bonchev–Trinajstić information content (AvgIpc) is 2.61. The van der Waals surface area contributed by atoms with Crippen molar-refractivity contribution in [3.8, 4) is 5.88 Å². The molecule has 0 bridgehead atoms. The summed E-state index contributed by atoms with van der Waals surface area (Å²) in [7, 11) is 2.42. The maximum atomic E-state index is 12.5. The number of nitrogens with zero attached hydrogens (tertiary/aromatic N) is 3. The van der Waals surface area contributed by atoms with Gasteiger partial charge in [0, 0.05) is 11.8 Å². The second kappa shape index (κ2) is 10.5. The van der Waals surface area contributed by atoms with Crippen molar-refractivity contribution in [3.05, 3.63) is 35.0 Å². The molecular formula is C14H14ClN5NaO6S-. The van der Waals surface area contributed by atoms with Gasteiger partial charge in [-0.05, 0) is 18.2 Å². The van der Waals surface area contributed by atoms with Gasteiger partial charge in [-0.25, -0.2) is 18.9 Å². The van der Waals surface area contributed by atoms with E-state index in [0.717, 1.165) is 7.11 Å². The number of halogens is 1. The minimum Gasteiger partial charge on any atom is -1.00 e. The number of methoxy groups -OCH3 is 2. The molecule has 0 spiro atoms. The number of nitrogens with one attached hydrogen (secondary N) is 1. The van der Waals surface area contributed by atoms with Gasteiger partial charge in [0.2, 0.25) is 11.8 Å². The van der Waals surface area contributed by atoms with E-state index in [0.29, 0.717) is 0 Å². The van der Waals surface area contributed by atoms with E-state index in [1.807, 2.05) is 0 Å². The fourth-order valence-corrected chi connectivity index (χ4v) is 2.64. The van der Waals surface area contributed by atoms with Crippen molar-refractivity contribution in [2.24, 2.45) is 0 Å². The van der Waals surface area contributed by atoms with Gasteiger partial charge >= 0.3 is 41.6 Å². The number of carbonyl (C=O) groups is 2. The van der Waals surface area contributed by atoms with E-state index in [9.17, 15) is 18.4 Å². The molecule has 2 rings (SSSR count). The zero-order chi connectivity index (χ0) is 20.1. The van der Waals surface area contributed by atoms with Crippen molar-refractivity contribution in [2.45, 2.75) is 0 Å². The summed E-state index contributed by atoms with van der Waals surface area (Å²) in [5.74, 6) is -1.15. The van der Waals surface area contributed by atoms with E-state index in [2.05, 4.69) is 20.0 Å². The molecule has 0 saturated heterocycles. The standard InChI is InChI=1S/C14H14ClN5O6S.Na.H/c1-25-11-6-10(15)17-13(18-11)19-14(22)20(27(23)24)9-4-3-7(16)5-8(9)12(21)26-2;;/h3-6H,16H2,1-2H3,(H,23,24)(H,17,18,19,22);;/q;+1;-1/p-1. The molecule has 1 atom stereocenters. The quantitative estimate of drug-likeness (QED) is 0.185. The first kappa shape index (κ1) is 24.1. The van der Waals surface area contributed by atoms with Crippen LogP contribution in [0.1, 0.15) is 11.8 Å². The number of anilines is 3. The van der Waals surface area contributed by atoms with Crippen molar-refractivity contribution < 1.29 is 58.8 Å². The molecule has 0 aliphatic rings. The van der Waals surface area contributed by atoms with Crippen LogP contribution in [0.4, 0.5) is 22.1 Å². The Morgan fingerprint density at radius 1 is 1.32 bits per heavy atom. The summed E-state index contributed by atoms with van der Waals surface area (Å²) in [6, 6.07) is 3.77. The van der Waals surface area contributed by atoms with Gasteiger partial charge in [-0.3, -0.25) is 9.53 Å². The summed E-state index contributed by atoms with van der Waals surface area (Å²) in [6.07, 6.45) is 0. The Balaban J connectivity index is 0.00000392. The first-order chi connectivity index (χ1) is 12.8. The second-order valence-corrected chi connectivity index (χ2v) is 5.95. The van der Waals surface area contributed by atoms with Gasteiger partial charge < -0.3 is 21.2 Å². The Kier molecular flexibility index (Phi) is 9.07. The van der Waals surface area contributed by atoms with Crippen molar-refractivity contribution in [3.63, 3.8) is 0 Å². The minimum absolute atomic E-state index is 0. The van der Waals surface area contributed by atoms with E-state index >= 15 is 0 Å². The molecule has 2 amide bonds. The first-order valence-corrected chi connectivity index (χ1v) is 8.44. The number of amides is 2. The maximum Gasteiger partial charge on any atom is 1.00 e. The average molecular weight is 439 g/mol. The topological polar surface area (TPSA) is 160 Å². The van der Waals surface area contributed by atoms with E-state index in [1.54, 1.807) is 0 Å². The molecule has 0 fully saturated rings. The molecule has 1 aromatic carbocycles. The van der Waals surface area contributed by atoms with Gasteiger partial charge in [-0.15, -0.1) is 0 Å². The van der Waals surface area contributed by atoms with Crippen LogP contribution in [0.25, 0.3) is 0 Å². The van der Waals surface area contributed by atoms with Gasteiger partial charge in [-0.2, -0.15) is 4.98 Å². The van der Waals surface area contributed by atoms with Gasteiger partial charge in [0.15, 0.2) is 0 Å². The molecule has 1 heterocycles. The molecule has 0 aliphatic carbocycles. The Bertz CT molecular complexity index is 924. The Labute approximate surface area is 190 Å². The predicted octanol–water partition coefficient (Wildman–Crippen LogP) is -1.54. The van der Waals surface area contributed by atoms with Crippen LogP contribution in [-0.4, -0.2) is 44.9 Å². The molecular weight excluding hydrogens is 425 g/mol. The van der Waals surface area contributed by atoms with Crippen molar-refractivity contribution in [1.29, 1.82) is 0 Å². The molecule has 0 aliphatic heterocycles. The molecule has 0 radical (unpaired) electrons. The molecule has 2 aromatic rings. The number of nitrogens with two attached hydrogens (primary N) is 1. The maximum absolute atomic E-state index is 12.5. The number of hydrogen-bond acceptors (Lipinski definition) is 9. The number of nitrogen functional groups attached to an aromatic ring is 1. The molecule has 1 aromatic heterocycles. The Morgan fingerprint density at radius 3 is 2.57 bits per heavy atom. The number of esters is 1. The molecule has 146 valence electrons. The van der Waals surface area contributed by atoms with Gasteiger partial charge in [-0.1, -0.05) is 11.6 Å². The molecule has 14 heteroatoms. The van der Waals surface area contributed by atoms with Crippen molar-refractivity contribution in [2.75, 3.05) is 29.6 Å². The van der Waals surface area contributed by atoms with Crippen LogP contribution in [0.15, 0.2) is 24.3 Å². The van der Waals surface area contributed by atoms with Crippen LogP contribution in [0, 0.1) is 0 Å². The van der Waals surface area contributed by atoms with Crippen LogP contribution in [0.3, 0.4) is 0 Å². The summed E-state index contributed by atoms with van der Waals surface area (Å²) in [6.45, 7) is 0. The number of aromatic nitrogens is 2. The summed E-state index contributed by atoms with van der Waals surface area (Å²) in [5.41, 5.74) is 5.26. The second-order valence-electron chi connectivity index (χ2n) is 4.77. The van der Waals surface area contributed by atoms with E-state index in [4.69, 9.17) is 22.1 Å². The number of urea groups is 1. The van der Waals surface area contributed by atoms with Gasteiger partial charge in [0.1, 0.15) is 5.15 Å². The zero-order valence-electron chi connectivity index (χ0n) is 16.0. The van der Waals surface area contributed by atoms with Crippen LogP contribution in [0.2, 0.25) is 5.15 Å². The van der Waals surface area contributed by atoms with E-state index < -0.39 is 23.3 Å². The molecule has 3 N–H and O–H groups in total. The van der Waals surface area contributed by atoms with Crippen LogP contribution in [-0.2, 0) is 16.0 Å². The van der Waals surface area contributed by atoms with Gasteiger partial charge in [0.25, 0.3) is 0 Å². The fourth-order valence-electron chi connectivity index (χ4n) is 1.97. The summed E-state index contributed by atoms with van der Waals surface area (Å²) in [4.78, 5) is 32.0. The number of benzene rings is 1. The monoisotopic (exact) mass is 438 g/mol. The SMILES string of the molecule is COC(=O)c1cc(N)ccc1N(C(=O)Nc1nc(Cl)cc(OC)n1)S(=O)[O-].[H-].[Na+]. The summed E-state index contributed by atoms with van der Waals surface area (Å²) in [5, 5.41) is 2.11. The number of carbonyl (C=O) groups excluding carboxylic acids is 2.